The Morgan fingerprint density at radius 2 is 2.18 bits per heavy atom. The molecule has 3 heterocycles. The van der Waals surface area contributed by atoms with E-state index >= 15 is 0 Å². The van der Waals surface area contributed by atoms with Crippen molar-refractivity contribution in [1.29, 1.82) is 0 Å². The van der Waals surface area contributed by atoms with Crippen LogP contribution in [-0.4, -0.2) is 45.9 Å². The fraction of sp³-hybridized carbons (Fsp3) is 0.217. The van der Waals surface area contributed by atoms with Crippen LogP contribution in [0.5, 0.6) is 0 Å². The van der Waals surface area contributed by atoms with E-state index in [1.807, 2.05) is 13.0 Å². The summed E-state index contributed by atoms with van der Waals surface area (Å²) >= 11 is 0. The van der Waals surface area contributed by atoms with Crippen LogP contribution in [0.3, 0.4) is 0 Å². The van der Waals surface area contributed by atoms with Crippen LogP contribution in [0.15, 0.2) is 59.6 Å². The zero-order valence-corrected chi connectivity index (χ0v) is 18.3. The van der Waals surface area contributed by atoms with E-state index in [-0.39, 0.29) is 23.7 Å². The molecular formula is C23H24FN7O2. The number of nitrogens with zero attached hydrogens (tertiary/aromatic N) is 4. The SMILES string of the molecule is C=CC(=O)Nc1ccc2c(c1)c(C)cn2-c1nc(N/C(C=NC2COC2)=C(\C)N)ncc1F. The van der Waals surface area contributed by atoms with E-state index in [9.17, 15) is 9.18 Å². The Morgan fingerprint density at radius 1 is 1.39 bits per heavy atom. The third-order valence-corrected chi connectivity index (χ3v) is 5.12. The van der Waals surface area contributed by atoms with Gasteiger partial charge in [0.1, 0.15) is 0 Å². The lowest BCUT2D eigenvalue weighted by Gasteiger charge is -2.21. The van der Waals surface area contributed by atoms with Crippen molar-refractivity contribution >= 4 is 34.7 Å². The molecule has 9 nitrogen and oxygen atoms in total. The molecule has 1 fully saturated rings. The maximum atomic E-state index is 14.8. The molecule has 4 rings (SSSR count). The molecule has 170 valence electrons. The number of aliphatic imine (C=N–C) groups is 1. The van der Waals surface area contributed by atoms with Gasteiger partial charge in [-0.15, -0.1) is 0 Å². The number of hydrogen-bond acceptors (Lipinski definition) is 7. The maximum absolute atomic E-state index is 14.8. The predicted molar refractivity (Wildman–Crippen MR) is 126 cm³/mol. The van der Waals surface area contributed by atoms with E-state index in [1.54, 1.807) is 36.0 Å². The summed E-state index contributed by atoms with van der Waals surface area (Å²) in [5.74, 6) is -0.642. The molecule has 10 heteroatoms. The zero-order valence-electron chi connectivity index (χ0n) is 18.3. The Hall–Kier alpha value is -4.05. The van der Waals surface area contributed by atoms with E-state index < -0.39 is 5.82 Å². The number of aromatic nitrogens is 3. The molecule has 1 aliphatic heterocycles. The van der Waals surface area contributed by atoms with Crippen molar-refractivity contribution in [3.8, 4) is 5.82 Å². The van der Waals surface area contributed by atoms with Crippen LogP contribution in [0.1, 0.15) is 12.5 Å². The molecule has 1 aliphatic rings. The van der Waals surface area contributed by atoms with Gasteiger partial charge in [0.2, 0.25) is 11.9 Å². The smallest absolute Gasteiger partial charge is 0.247 e. The van der Waals surface area contributed by atoms with Crippen LogP contribution in [-0.2, 0) is 9.53 Å². The van der Waals surface area contributed by atoms with Crippen molar-refractivity contribution in [2.24, 2.45) is 10.7 Å². The van der Waals surface area contributed by atoms with Crippen molar-refractivity contribution in [3.05, 3.63) is 66.0 Å². The van der Waals surface area contributed by atoms with Crippen LogP contribution in [0.25, 0.3) is 16.7 Å². The highest BCUT2D eigenvalue weighted by molar-refractivity contribution is 6.00. The highest BCUT2D eigenvalue weighted by Crippen LogP contribution is 2.28. The molecule has 0 spiro atoms. The molecule has 1 saturated heterocycles. The number of halogens is 1. The third-order valence-electron chi connectivity index (χ3n) is 5.12. The topological polar surface area (TPSA) is 119 Å². The number of carbonyl (C=O) groups excluding carboxylic acids is 1. The fourth-order valence-corrected chi connectivity index (χ4v) is 3.27. The van der Waals surface area contributed by atoms with Crippen molar-refractivity contribution in [3.63, 3.8) is 0 Å². The van der Waals surface area contributed by atoms with Crippen molar-refractivity contribution in [2.75, 3.05) is 23.8 Å². The number of hydrogen-bond donors (Lipinski definition) is 3. The number of carbonyl (C=O) groups is 1. The van der Waals surface area contributed by atoms with Crippen molar-refractivity contribution in [1.82, 2.24) is 14.5 Å². The number of nitrogens with two attached hydrogens (primary N) is 1. The molecule has 0 bridgehead atoms. The molecule has 4 N–H and O–H groups in total. The van der Waals surface area contributed by atoms with E-state index in [0.717, 1.165) is 22.7 Å². The molecule has 1 amide bonds. The van der Waals surface area contributed by atoms with Crippen LogP contribution >= 0.6 is 0 Å². The highest BCUT2D eigenvalue weighted by atomic mass is 19.1. The van der Waals surface area contributed by atoms with Gasteiger partial charge in [0, 0.05) is 29.2 Å². The van der Waals surface area contributed by atoms with Gasteiger partial charge in [0.25, 0.3) is 0 Å². The lowest BCUT2D eigenvalue weighted by molar-refractivity contribution is -0.111. The molecular weight excluding hydrogens is 425 g/mol. The van der Waals surface area contributed by atoms with E-state index in [2.05, 4.69) is 32.2 Å². The summed E-state index contributed by atoms with van der Waals surface area (Å²) in [5, 5.41) is 6.59. The summed E-state index contributed by atoms with van der Waals surface area (Å²) < 4.78 is 21.5. The zero-order chi connectivity index (χ0) is 23.5. The second-order valence-electron chi connectivity index (χ2n) is 7.66. The average Bonchev–Trinajstić information content (AvgIpc) is 3.08. The molecule has 0 radical (unpaired) electrons. The molecule has 33 heavy (non-hydrogen) atoms. The van der Waals surface area contributed by atoms with Gasteiger partial charge in [-0.05, 0) is 43.7 Å². The number of ether oxygens (including phenoxy) is 1. The molecule has 1 aromatic carbocycles. The van der Waals surface area contributed by atoms with Gasteiger partial charge < -0.3 is 21.1 Å². The Bertz CT molecular complexity index is 1290. The Balaban J connectivity index is 1.67. The van der Waals surface area contributed by atoms with Gasteiger partial charge in [-0.3, -0.25) is 14.4 Å². The standard InChI is InChI=1S/C23H24FN7O2/c1-4-21(32)28-15-5-6-20-17(7-15)13(2)10-31(20)22-18(24)8-27-23(30-22)29-19(14(3)25)9-26-16-11-33-12-16/h4-10,16H,1,11-12,25H2,2-3H3,(H,28,32)(H,27,29,30)/b19-14+,26-9?. The monoisotopic (exact) mass is 449 g/mol. The largest absolute Gasteiger partial charge is 0.401 e. The Kier molecular flexibility index (Phi) is 6.18. The average molecular weight is 449 g/mol. The van der Waals surface area contributed by atoms with Gasteiger partial charge in [-0.2, -0.15) is 4.98 Å². The number of aryl methyl sites for hydroxylation is 1. The lowest BCUT2D eigenvalue weighted by Crippen LogP contribution is -2.31. The summed E-state index contributed by atoms with van der Waals surface area (Å²) in [6, 6.07) is 5.44. The van der Waals surface area contributed by atoms with Gasteiger partial charge in [0.15, 0.2) is 11.6 Å². The molecule has 2 aromatic heterocycles. The first kappa shape index (κ1) is 22.2. The van der Waals surface area contributed by atoms with Gasteiger partial charge in [-0.25, -0.2) is 9.37 Å². The molecule has 0 atom stereocenters. The summed E-state index contributed by atoms with van der Waals surface area (Å²) in [5.41, 5.74) is 9.21. The minimum absolute atomic E-state index is 0.0758. The molecule has 0 saturated carbocycles. The number of rotatable bonds is 7. The van der Waals surface area contributed by atoms with Crippen LogP contribution in [0.2, 0.25) is 0 Å². The first-order valence-electron chi connectivity index (χ1n) is 10.3. The van der Waals surface area contributed by atoms with Gasteiger partial charge in [0.05, 0.1) is 36.7 Å². The number of anilines is 2. The van der Waals surface area contributed by atoms with Gasteiger partial charge in [-0.1, -0.05) is 6.58 Å². The first-order chi connectivity index (χ1) is 15.9. The minimum atomic E-state index is -0.586. The number of fused-ring (bicyclic) bond motifs is 1. The summed E-state index contributed by atoms with van der Waals surface area (Å²) in [6.07, 6.45) is 5.69. The minimum Gasteiger partial charge on any atom is -0.401 e. The number of nitrogens with one attached hydrogen (secondary N) is 2. The molecule has 3 aromatic rings. The highest BCUT2D eigenvalue weighted by Gasteiger charge is 2.17. The van der Waals surface area contributed by atoms with Crippen LogP contribution in [0, 0.1) is 12.7 Å². The fourth-order valence-electron chi connectivity index (χ4n) is 3.27. The van der Waals surface area contributed by atoms with Crippen molar-refractivity contribution in [2.45, 2.75) is 19.9 Å². The second-order valence-corrected chi connectivity index (χ2v) is 7.66. The number of allylic oxidation sites excluding steroid dienone is 2. The Labute approximate surface area is 189 Å². The number of benzene rings is 1. The van der Waals surface area contributed by atoms with Gasteiger partial charge >= 0.3 is 0 Å². The molecule has 0 aliphatic carbocycles. The summed E-state index contributed by atoms with van der Waals surface area (Å²) in [6.45, 7) is 8.22. The van der Waals surface area contributed by atoms with E-state index in [1.165, 1.54) is 6.08 Å². The summed E-state index contributed by atoms with van der Waals surface area (Å²) in [7, 11) is 0. The van der Waals surface area contributed by atoms with Crippen LogP contribution < -0.4 is 16.4 Å². The van der Waals surface area contributed by atoms with Crippen LogP contribution in [0.4, 0.5) is 16.0 Å². The van der Waals surface area contributed by atoms with E-state index in [0.29, 0.717) is 30.3 Å². The quantitative estimate of drug-likeness (QED) is 0.377. The number of amides is 1. The maximum Gasteiger partial charge on any atom is 0.247 e. The second kappa shape index (κ2) is 9.21. The van der Waals surface area contributed by atoms with E-state index in [4.69, 9.17) is 10.5 Å². The first-order valence-corrected chi connectivity index (χ1v) is 10.3. The molecule has 0 unspecified atom stereocenters. The Morgan fingerprint density at radius 3 is 2.85 bits per heavy atom. The third kappa shape index (κ3) is 4.75. The van der Waals surface area contributed by atoms with Crippen molar-refractivity contribution < 1.29 is 13.9 Å². The summed E-state index contributed by atoms with van der Waals surface area (Å²) in [4.78, 5) is 24.4. The normalized spacial score (nSPS) is 14.8. The lowest BCUT2D eigenvalue weighted by atomic mass is 10.2. The predicted octanol–water partition coefficient (Wildman–Crippen LogP) is 3.06.